The molecule has 5 nitrogen and oxygen atoms in total. The molecule has 1 aliphatic rings. The van der Waals surface area contributed by atoms with E-state index in [0.29, 0.717) is 25.9 Å². The first-order valence-corrected chi connectivity index (χ1v) is 7.58. The van der Waals surface area contributed by atoms with Crippen LogP contribution in [-0.2, 0) is 10.0 Å². The second-order valence-electron chi connectivity index (χ2n) is 4.35. The Morgan fingerprint density at radius 2 is 2.06 bits per heavy atom. The third kappa shape index (κ3) is 2.83. The van der Waals surface area contributed by atoms with Gasteiger partial charge in [0.1, 0.15) is 10.0 Å². The number of halogens is 1. The molecule has 1 fully saturated rings. The summed E-state index contributed by atoms with van der Waals surface area (Å²) in [5, 5.41) is 9.31. The summed E-state index contributed by atoms with van der Waals surface area (Å²) in [5.74, 6) is 0.208. The number of piperidine rings is 1. The summed E-state index contributed by atoms with van der Waals surface area (Å²) in [6.45, 7) is 1.00. The predicted molar refractivity (Wildman–Crippen MR) is 67.8 cm³/mol. The highest BCUT2D eigenvalue weighted by molar-refractivity contribution is 7.89. The van der Waals surface area contributed by atoms with Crippen LogP contribution in [0.25, 0.3) is 0 Å². The van der Waals surface area contributed by atoms with Gasteiger partial charge in [-0.1, -0.05) is 11.6 Å². The number of pyridine rings is 1. The number of hydrogen-bond acceptors (Lipinski definition) is 4. The van der Waals surface area contributed by atoms with Crippen LogP contribution in [0.3, 0.4) is 0 Å². The molecule has 0 amide bonds. The van der Waals surface area contributed by atoms with Crippen LogP contribution >= 0.6 is 11.6 Å². The van der Waals surface area contributed by atoms with E-state index in [1.165, 1.54) is 22.6 Å². The topological polar surface area (TPSA) is 70.5 Å². The zero-order valence-electron chi connectivity index (χ0n) is 9.79. The first-order chi connectivity index (χ1) is 8.54. The Labute approximate surface area is 111 Å². The monoisotopic (exact) mass is 290 g/mol. The van der Waals surface area contributed by atoms with Crippen molar-refractivity contribution in [2.45, 2.75) is 17.7 Å². The van der Waals surface area contributed by atoms with Crippen molar-refractivity contribution in [2.24, 2.45) is 5.92 Å². The lowest BCUT2D eigenvalue weighted by Crippen LogP contribution is -2.39. The highest BCUT2D eigenvalue weighted by atomic mass is 35.5. The maximum atomic E-state index is 12.3. The molecule has 100 valence electrons. The second kappa shape index (κ2) is 5.52. The Morgan fingerprint density at radius 1 is 1.39 bits per heavy atom. The minimum Gasteiger partial charge on any atom is -0.396 e. The fourth-order valence-electron chi connectivity index (χ4n) is 2.00. The molecule has 7 heteroatoms. The van der Waals surface area contributed by atoms with Crippen LogP contribution in [-0.4, -0.2) is 42.5 Å². The minimum atomic E-state index is -3.48. The average molecular weight is 291 g/mol. The zero-order chi connectivity index (χ0) is 13.2. The molecule has 0 spiro atoms. The maximum Gasteiger partial charge on any atom is 0.244 e. The molecule has 2 rings (SSSR count). The smallest absolute Gasteiger partial charge is 0.244 e. The van der Waals surface area contributed by atoms with Gasteiger partial charge in [-0.15, -0.1) is 0 Å². The molecule has 1 N–H and O–H groups in total. The fourth-order valence-corrected chi connectivity index (χ4v) is 3.52. The van der Waals surface area contributed by atoms with Crippen LogP contribution in [0.1, 0.15) is 12.8 Å². The second-order valence-corrected chi connectivity index (χ2v) is 6.67. The van der Waals surface area contributed by atoms with E-state index in [1.807, 2.05) is 0 Å². The van der Waals surface area contributed by atoms with Crippen LogP contribution in [0.4, 0.5) is 0 Å². The molecule has 18 heavy (non-hydrogen) atoms. The van der Waals surface area contributed by atoms with Gasteiger partial charge in [0.05, 0.1) is 0 Å². The molecule has 2 heterocycles. The Hall–Kier alpha value is -0.690. The normalized spacial score (nSPS) is 19.0. The molecule has 0 atom stereocenters. The van der Waals surface area contributed by atoms with Gasteiger partial charge in [-0.25, -0.2) is 13.4 Å². The predicted octanol–water partition coefficient (Wildman–Crippen LogP) is 1.13. The summed E-state index contributed by atoms with van der Waals surface area (Å²) < 4.78 is 26.0. The van der Waals surface area contributed by atoms with Gasteiger partial charge in [-0.05, 0) is 30.9 Å². The zero-order valence-corrected chi connectivity index (χ0v) is 11.4. The van der Waals surface area contributed by atoms with Crippen LogP contribution in [0.15, 0.2) is 23.2 Å². The van der Waals surface area contributed by atoms with Crippen molar-refractivity contribution in [3.8, 4) is 0 Å². The van der Waals surface area contributed by atoms with Gasteiger partial charge < -0.3 is 5.11 Å². The molecular formula is C11H15ClN2O3S. The number of hydrogen-bond donors (Lipinski definition) is 1. The van der Waals surface area contributed by atoms with Gasteiger partial charge >= 0.3 is 0 Å². The summed E-state index contributed by atoms with van der Waals surface area (Å²) in [6, 6.07) is 2.93. The number of aromatic nitrogens is 1. The van der Waals surface area contributed by atoms with E-state index in [1.54, 1.807) is 0 Å². The third-order valence-electron chi connectivity index (χ3n) is 3.17. The summed E-state index contributed by atoms with van der Waals surface area (Å²) >= 11 is 5.64. The van der Waals surface area contributed by atoms with Gasteiger partial charge in [0, 0.05) is 25.9 Å². The van der Waals surface area contributed by atoms with E-state index < -0.39 is 10.0 Å². The van der Waals surface area contributed by atoms with Crippen LogP contribution in [0.2, 0.25) is 5.15 Å². The highest BCUT2D eigenvalue weighted by Crippen LogP contribution is 2.23. The quantitative estimate of drug-likeness (QED) is 0.847. The van der Waals surface area contributed by atoms with Gasteiger partial charge in [-0.3, -0.25) is 0 Å². The van der Waals surface area contributed by atoms with Crippen LogP contribution in [0, 0.1) is 5.92 Å². The Kier molecular flexibility index (Phi) is 4.21. The van der Waals surface area contributed by atoms with E-state index >= 15 is 0 Å². The van der Waals surface area contributed by atoms with E-state index in [0.717, 1.165) is 0 Å². The molecule has 0 saturated carbocycles. The van der Waals surface area contributed by atoms with Crippen molar-refractivity contribution in [1.82, 2.24) is 9.29 Å². The summed E-state index contributed by atoms with van der Waals surface area (Å²) in [5.41, 5.74) is 0. The van der Waals surface area contributed by atoms with Crippen molar-refractivity contribution in [3.63, 3.8) is 0 Å². The SMILES string of the molecule is O=S(=O)(c1ccc(Cl)nc1)N1CCC(CO)CC1. The lowest BCUT2D eigenvalue weighted by atomic mass is 10.00. The van der Waals surface area contributed by atoms with Crippen molar-refractivity contribution in [2.75, 3.05) is 19.7 Å². The van der Waals surface area contributed by atoms with Gasteiger partial charge in [-0.2, -0.15) is 4.31 Å². The average Bonchev–Trinajstić information content (AvgIpc) is 2.39. The molecule has 0 radical (unpaired) electrons. The molecule has 1 saturated heterocycles. The number of sulfonamides is 1. The summed E-state index contributed by atoms with van der Waals surface area (Å²) in [7, 11) is -3.48. The Bertz CT molecular complexity index is 496. The van der Waals surface area contributed by atoms with E-state index in [-0.39, 0.29) is 22.6 Å². The number of rotatable bonds is 3. The largest absolute Gasteiger partial charge is 0.396 e. The molecule has 1 aromatic rings. The molecule has 0 bridgehead atoms. The van der Waals surface area contributed by atoms with E-state index in [4.69, 9.17) is 16.7 Å². The summed E-state index contributed by atoms with van der Waals surface area (Å²) in [4.78, 5) is 3.95. The van der Waals surface area contributed by atoms with E-state index in [9.17, 15) is 8.42 Å². The Balaban J connectivity index is 2.15. The van der Waals surface area contributed by atoms with Crippen LogP contribution in [0.5, 0.6) is 0 Å². The maximum absolute atomic E-state index is 12.3. The number of aliphatic hydroxyl groups excluding tert-OH is 1. The van der Waals surface area contributed by atoms with Crippen molar-refractivity contribution < 1.29 is 13.5 Å². The number of nitrogens with zero attached hydrogens (tertiary/aromatic N) is 2. The van der Waals surface area contributed by atoms with Crippen molar-refractivity contribution >= 4 is 21.6 Å². The van der Waals surface area contributed by atoms with E-state index in [2.05, 4.69) is 4.98 Å². The molecule has 1 aliphatic heterocycles. The molecule has 1 aromatic heterocycles. The lowest BCUT2D eigenvalue weighted by molar-refractivity contribution is 0.170. The number of aliphatic hydroxyl groups is 1. The fraction of sp³-hybridized carbons (Fsp3) is 0.545. The molecular weight excluding hydrogens is 276 g/mol. The van der Waals surface area contributed by atoms with Gasteiger partial charge in [0.25, 0.3) is 0 Å². The molecule has 0 aromatic carbocycles. The van der Waals surface area contributed by atoms with Crippen molar-refractivity contribution in [3.05, 3.63) is 23.5 Å². The summed E-state index contributed by atoms with van der Waals surface area (Å²) in [6.07, 6.45) is 2.66. The van der Waals surface area contributed by atoms with Crippen LogP contribution < -0.4 is 0 Å². The highest BCUT2D eigenvalue weighted by Gasteiger charge is 2.29. The van der Waals surface area contributed by atoms with Gasteiger partial charge in [0.15, 0.2) is 0 Å². The van der Waals surface area contributed by atoms with Crippen molar-refractivity contribution in [1.29, 1.82) is 0 Å². The first kappa shape index (κ1) is 13.7. The Morgan fingerprint density at radius 3 is 2.56 bits per heavy atom. The minimum absolute atomic E-state index is 0.121. The first-order valence-electron chi connectivity index (χ1n) is 5.76. The third-order valence-corrected chi connectivity index (χ3v) is 5.28. The lowest BCUT2D eigenvalue weighted by Gasteiger charge is -2.30. The standard InChI is InChI=1S/C11H15ClN2O3S/c12-11-2-1-10(7-13-11)18(16,17)14-5-3-9(8-15)4-6-14/h1-2,7,9,15H,3-6,8H2. The van der Waals surface area contributed by atoms with Gasteiger partial charge in [0.2, 0.25) is 10.0 Å². The molecule has 0 aliphatic carbocycles. The molecule has 0 unspecified atom stereocenters.